The van der Waals surface area contributed by atoms with Crippen LogP contribution in [0.3, 0.4) is 0 Å². The van der Waals surface area contributed by atoms with Gasteiger partial charge >= 0.3 is 0 Å². The number of H-pyrrole nitrogens is 1. The van der Waals surface area contributed by atoms with E-state index < -0.39 is 0 Å². The molecule has 7 heteroatoms. The molecule has 2 aromatic heterocycles. The molecule has 1 atom stereocenters. The van der Waals surface area contributed by atoms with Crippen molar-refractivity contribution in [2.75, 3.05) is 23.3 Å². The van der Waals surface area contributed by atoms with E-state index in [4.69, 9.17) is 9.97 Å². The first kappa shape index (κ1) is 18.3. The molecule has 28 heavy (non-hydrogen) atoms. The Bertz CT molecular complexity index is 982. The summed E-state index contributed by atoms with van der Waals surface area (Å²) in [6.07, 6.45) is 4.80. The monoisotopic (exact) mass is 378 g/mol. The minimum atomic E-state index is 0.0173. The lowest BCUT2D eigenvalue weighted by molar-refractivity contribution is -0.119. The van der Waals surface area contributed by atoms with Gasteiger partial charge in [-0.15, -0.1) is 0 Å². The van der Waals surface area contributed by atoms with Gasteiger partial charge in [0.15, 0.2) is 0 Å². The van der Waals surface area contributed by atoms with Gasteiger partial charge in [0.05, 0.1) is 0 Å². The molecule has 1 unspecified atom stereocenters. The summed E-state index contributed by atoms with van der Waals surface area (Å²) < 4.78 is 0. The van der Waals surface area contributed by atoms with Gasteiger partial charge in [-0.3, -0.25) is 4.79 Å². The van der Waals surface area contributed by atoms with Gasteiger partial charge in [0.1, 0.15) is 5.82 Å². The molecule has 7 nitrogen and oxygen atoms in total. The van der Waals surface area contributed by atoms with Crippen LogP contribution in [0.4, 0.5) is 17.5 Å². The van der Waals surface area contributed by atoms with Gasteiger partial charge in [-0.25, -0.2) is 4.98 Å². The van der Waals surface area contributed by atoms with E-state index in [-0.39, 0.29) is 11.9 Å². The molecule has 1 aromatic carbocycles. The van der Waals surface area contributed by atoms with Crippen molar-refractivity contribution in [2.45, 2.75) is 39.2 Å². The fourth-order valence-electron chi connectivity index (χ4n) is 3.72. The Morgan fingerprint density at radius 1 is 1.29 bits per heavy atom. The molecule has 0 spiro atoms. The first-order chi connectivity index (χ1) is 13.6. The lowest BCUT2D eigenvalue weighted by Crippen LogP contribution is -2.35. The molecular formula is C21H26N6O. The number of fused-ring (bicyclic) bond motifs is 1. The van der Waals surface area contributed by atoms with Crippen molar-refractivity contribution in [1.82, 2.24) is 20.3 Å². The quantitative estimate of drug-likeness (QED) is 0.612. The van der Waals surface area contributed by atoms with Crippen molar-refractivity contribution in [3.63, 3.8) is 0 Å². The average Bonchev–Trinajstić information content (AvgIpc) is 3.30. The first-order valence-corrected chi connectivity index (χ1v) is 9.85. The van der Waals surface area contributed by atoms with Crippen LogP contribution >= 0.6 is 0 Å². The minimum absolute atomic E-state index is 0.0173. The van der Waals surface area contributed by atoms with Gasteiger partial charge in [0, 0.05) is 60.6 Å². The van der Waals surface area contributed by atoms with Crippen LogP contribution < -0.4 is 15.5 Å². The third kappa shape index (κ3) is 4.08. The number of hydrogen-bond donors (Lipinski definition) is 3. The molecule has 1 aliphatic heterocycles. The Hall–Kier alpha value is -3.09. The number of amides is 1. The average molecular weight is 378 g/mol. The van der Waals surface area contributed by atoms with Gasteiger partial charge < -0.3 is 20.5 Å². The molecule has 3 heterocycles. The summed E-state index contributed by atoms with van der Waals surface area (Å²) in [6, 6.07) is 10.5. The summed E-state index contributed by atoms with van der Waals surface area (Å²) >= 11 is 0. The van der Waals surface area contributed by atoms with Crippen LogP contribution in [-0.4, -0.2) is 40.0 Å². The first-order valence-electron chi connectivity index (χ1n) is 9.85. The molecule has 4 rings (SSSR count). The van der Waals surface area contributed by atoms with Crippen LogP contribution in [0.25, 0.3) is 10.9 Å². The summed E-state index contributed by atoms with van der Waals surface area (Å²) in [4.78, 5) is 26.2. The summed E-state index contributed by atoms with van der Waals surface area (Å²) in [5.74, 6) is 1.54. The highest BCUT2D eigenvalue weighted by Gasteiger charge is 2.24. The highest BCUT2D eigenvalue weighted by molar-refractivity contribution is 5.83. The van der Waals surface area contributed by atoms with Crippen LogP contribution in [0.1, 0.15) is 32.4 Å². The standard InChI is InChI=1S/C21H26N6O/c1-3-4-16-12-20(27-10-8-18(13-27)23-14(2)28)26-21(24-16)25-17-5-6-19-15(11-17)7-9-22-19/h5-7,9,11-12,18,22H,3-4,8,10,13H2,1-2H3,(H,23,28)(H,24,25,26). The van der Waals surface area contributed by atoms with Crippen molar-refractivity contribution < 1.29 is 4.79 Å². The highest BCUT2D eigenvalue weighted by Crippen LogP contribution is 2.24. The number of aromatic amines is 1. The molecule has 1 fully saturated rings. The maximum Gasteiger partial charge on any atom is 0.229 e. The molecule has 0 bridgehead atoms. The van der Waals surface area contributed by atoms with E-state index in [0.29, 0.717) is 5.95 Å². The molecule has 0 radical (unpaired) electrons. The number of carbonyl (C=O) groups excluding carboxylic acids is 1. The van der Waals surface area contributed by atoms with Gasteiger partial charge in [0.25, 0.3) is 0 Å². The summed E-state index contributed by atoms with van der Waals surface area (Å²) in [7, 11) is 0. The van der Waals surface area contributed by atoms with Crippen molar-refractivity contribution in [3.05, 3.63) is 42.2 Å². The zero-order valence-electron chi connectivity index (χ0n) is 16.3. The molecule has 1 saturated heterocycles. The van der Waals surface area contributed by atoms with Crippen molar-refractivity contribution in [2.24, 2.45) is 0 Å². The second-order valence-corrected chi connectivity index (χ2v) is 7.33. The fraction of sp³-hybridized carbons (Fsp3) is 0.381. The zero-order chi connectivity index (χ0) is 19.5. The van der Waals surface area contributed by atoms with E-state index in [2.05, 4.69) is 39.6 Å². The molecule has 0 saturated carbocycles. The maximum absolute atomic E-state index is 11.3. The normalized spacial score (nSPS) is 16.5. The number of aromatic nitrogens is 3. The van der Waals surface area contributed by atoms with E-state index in [1.807, 2.05) is 24.4 Å². The lowest BCUT2D eigenvalue weighted by atomic mass is 10.2. The minimum Gasteiger partial charge on any atom is -0.361 e. The van der Waals surface area contributed by atoms with Crippen molar-refractivity contribution in [3.8, 4) is 0 Å². The van der Waals surface area contributed by atoms with Crippen LogP contribution in [0.5, 0.6) is 0 Å². The van der Waals surface area contributed by atoms with Crippen LogP contribution in [0, 0.1) is 0 Å². The Labute approximate surface area is 164 Å². The number of anilines is 3. The number of hydrogen-bond acceptors (Lipinski definition) is 5. The summed E-state index contributed by atoms with van der Waals surface area (Å²) in [5, 5.41) is 7.51. The molecule has 146 valence electrons. The number of nitrogens with zero attached hydrogens (tertiary/aromatic N) is 3. The van der Waals surface area contributed by atoms with E-state index in [0.717, 1.165) is 60.5 Å². The number of carbonyl (C=O) groups is 1. The number of aryl methyl sites for hydroxylation is 1. The predicted octanol–water partition coefficient (Wildman–Crippen LogP) is 3.37. The Kier molecular flexibility index (Phi) is 5.14. The van der Waals surface area contributed by atoms with Crippen LogP contribution in [0.2, 0.25) is 0 Å². The summed E-state index contributed by atoms with van der Waals surface area (Å²) in [6.45, 7) is 5.37. The second kappa shape index (κ2) is 7.88. The van der Waals surface area contributed by atoms with E-state index in [1.165, 1.54) is 0 Å². The van der Waals surface area contributed by atoms with Crippen molar-refractivity contribution in [1.29, 1.82) is 0 Å². The fourth-order valence-corrected chi connectivity index (χ4v) is 3.72. The number of benzene rings is 1. The molecule has 1 amide bonds. The largest absolute Gasteiger partial charge is 0.361 e. The van der Waals surface area contributed by atoms with E-state index in [1.54, 1.807) is 6.92 Å². The second-order valence-electron chi connectivity index (χ2n) is 7.33. The number of nitrogens with one attached hydrogen (secondary N) is 3. The molecule has 3 N–H and O–H groups in total. The SMILES string of the molecule is CCCc1cc(N2CCC(NC(C)=O)C2)nc(Nc2ccc3[nH]ccc3c2)n1. The predicted molar refractivity (Wildman–Crippen MR) is 112 cm³/mol. The Morgan fingerprint density at radius 2 is 2.18 bits per heavy atom. The molecule has 3 aromatic rings. The van der Waals surface area contributed by atoms with Gasteiger partial charge in [-0.1, -0.05) is 13.3 Å². The van der Waals surface area contributed by atoms with Crippen molar-refractivity contribution >= 4 is 34.3 Å². The zero-order valence-corrected chi connectivity index (χ0v) is 16.3. The topological polar surface area (TPSA) is 85.9 Å². The Morgan fingerprint density at radius 3 is 3.00 bits per heavy atom. The smallest absolute Gasteiger partial charge is 0.229 e. The third-order valence-electron chi connectivity index (χ3n) is 5.00. The van der Waals surface area contributed by atoms with E-state index in [9.17, 15) is 4.79 Å². The summed E-state index contributed by atoms with van der Waals surface area (Å²) in [5.41, 5.74) is 3.10. The molecule has 1 aliphatic rings. The van der Waals surface area contributed by atoms with Crippen LogP contribution in [0.15, 0.2) is 36.5 Å². The van der Waals surface area contributed by atoms with Crippen LogP contribution in [-0.2, 0) is 11.2 Å². The molecule has 0 aliphatic carbocycles. The third-order valence-corrected chi connectivity index (χ3v) is 5.00. The van der Waals surface area contributed by atoms with E-state index >= 15 is 0 Å². The maximum atomic E-state index is 11.3. The Balaban J connectivity index is 1.57. The van der Waals surface area contributed by atoms with Gasteiger partial charge in [-0.2, -0.15) is 4.98 Å². The highest BCUT2D eigenvalue weighted by atomic mass is 16.1. The van der Waals surface area contributed by atoms with Gasteiger partial charge in [-0.05, 0) is 37.1 Å². The number of rotatable bonds is 6. The van der Waals surface area contributed by atoms with Gasteiger partial charge in [0.2, 0.25) is 11.9 Å². The lowest BCUT2D eigenvalue weighted by Gasteiger charge is -2.19. The molecular weight excluding hydrogens is 352 g/mol.